The first kappa shape index (κ1) is 12.6. The van der Waals surface area contributed by atoms with E-state index in [1.54, 1.807) is 24.3 Å². The van der Waals surface area contributed by atoms with Gasteiger partial charge in [-0.25, -0.2) is 0 Å². The van der Waals surface area contributed by atoms with Crippen molar-refractivity contribution in [2.45, 2.75) is 6.54 Å². The summed E-state index contributed by atoms with van der Waals surface area (Å²) in [6, 6.07) is 14.7. The number of rotatable bonds is 3. The normalized spacial score (nSPS) is 10.1. The van der Waals surface area contributed by atoms with Gasteiger partial charge in [0.2, 0.25) is 0 Å². The molecule has 4 heteroatoms. The molecule has 0 spiro atoms. The molecule has 0 bridgehead atoms. The summed E-state index contributed by atoms with van der Waals surface area (Å²) < 4.78 is 0.984. The number of carbonyl (C=O) groups excluding carboxylic acids is 1. The van der Waals surface area contributed by atoms with Crippen LogP contribution >= 0.6 is 15.9 Å². The van der Waals surface area contributed by atoms with Crippen molar-refractivity contribution in [1.29, 1.82) is 0 Å². The average Bonchev–Trinajstić information content (AvgIpc) is 2.37. The summed E-state index contributed by atoms with van der Waals surface area (Å²) in [6.45, 7) is 0.481. The molecule has 2 rings (SSSR count). The molecule has 0 atom stereocenters. The highest BCUT2D eigenvalue weighted by Crippen LogP contribution is 2.15. The number of benzene rings is 2. The monoisotopic (exact) mass is 304 g/mol. The van der Waals surface area contributed by atoms with Crippen LogP contribution < -0.4 is 11.1 Å². The van der Waals surface area contributed by atoms with E-state index in [0.29, 0.717) is 17.8 Å². The molecule has 0 aromatic heterocycles. The highest BCUT2D eigenvalue weighted by Gasteiger charge is 2.06. The predicted molar refractivity (Wildman–Crippen MR) is 76.2 cm³/mol. The fraction of sp³-hybridized carbons (Fsp3) is 0.0714. The molecule has 0 aliphatic rings. The van der Waals surface area contributed by atoms with Crippen LogP contribution in [-0.2, 0) is 6.54 Å². The van der Waals surface area contributed by atoms with Crippen molar-refractivity contribution >= 4 is 27.5 Å². The summed E-state index contributed by atoms with van der Waals surface area (Å²) in [6.07, 6.45) is 0. The molecule has 0 heterocycles. The van der Waals surface area contributed by atoms with E-state index >= 15 is 0 Å². The highest BCUT2D eigenvalue weighted by atomic mass is 79.9. The molecular formula is C14H13BrN2O. The summed E-state index contributed by atoms with van der Waals surface area (Å²) in [4.78, 5) is 11.9. The van der Waals surface area contributed by atoms with Crippen LogP contribution in [0.25, 0.3) is 0 Å². The Morgan fingerprint density at radius 1 is 1.17 bits per heavy atom. The second-order valence-corrected chi connectivity index (χ2v) is 4.75. The molecule has 3 N–H and O–H groups in total. The Morgan fingerprint density at radius 3 is 2.67 bits per heavy atom. The van der Waals surface area contributed by atoms with Crippen molar-refractivity contribution in [1.82, 2.24) is 5.32 Å². The third-order valence-electron chi connectivity index (χ3n) is 2.55. The number of amides is 1. The molecule has 0 fully saturated rings. The molecular weight excluding hydrogens is 292 g/mol. The molecule has 92 valence electrons. The number of halogens is 1. The SMILES string of the molecule is Nc1cccc(C(=O)NCc2ccccc2Br)c1. The van der Waals surface area contributed by atoms with Crippen LogP contribution in [0, 0.1) is 0 Å². The average molecular weight is 305 g/mol. The summed E-state index contributed by atoms with van der Waals surface area (Å²) in [5, 5.41) is 2.86. The fourth-order valence-corrected chi connectivity index (χ4v) is 2.02. The van der Waals surface area contributed by atoms with Crippen LogP contribution in [0.15, 0.2) is 53.0 Å². The fourth-order valence-electron chi connectivity index (χ4n) is 1.60. The number of nitrogens with one attached hydrogen (secondary N) is 1. The lowest BCUT2D eigenvalue weighted by Gasteiger charge is -2.07. The maximum Gasteiger partial charge on any atom is 0.251 e. The second-order valence-electron chi connectivity index (χ2n) is 3.90. The number of nitrogen functional groups attached to an aromatic ring is 1. The van der Waals surface area contributed by atoms with E-state index in [0.717, 1.165) is 10.0 Å². The number of hydrogen-bond acceptors (Lipinski definition) is 2. The first-order chi connectivity index (χ1) is 8.66. The maximum absolute atomic E-state index is 11.9. The van der Waals surface area contributed by atoms with Gasteiger partial charge in [-0.2, -0.15) is 0 Å². The van der Waals surface area contributed by atoms with E-state index < -0.39 is 0 Å². The van der Waals surface area contributed by atoms with E-state index in [1.165, 1.54) is 0 Å². The van der Waals surface area contributed by atoms with Gasteiger partial charge in [0.1, 0.15) is 0 Å². The van der Waals surface area contributed by atoms with E-state index in [2.05, 4.69) is 21.2 Å². The third-order valence-corrected chi connectivity index (χ3v) is 3.32. The quantitative estimate of drug-likeness (QED) is 0.857. The Bertz CT molecular complexity index is 569. The molecule has 0 unspecified atom stereocenters. The molecule has 18 heavy (non-hydrogen) atoms. The van der Waals surface area contributed by atoms with Crippen molar-refractivity contribution in [2.75, 3.05) is 5.73 Å². The lowest BCUT2D eigenvalue weighted by molar-refractivity contribution is 0.0951. The van der Waals surface area contributed by atoms with Crippen molar-refractivity contribution < 1.29 is 4.79 Å². The van der Waals surface area contributed by atoms with Crippen LogP contribution in [0.3, 0.4) is 0 Å². The minimum Gasteiger partial charge on any atom is -0.399 e. The first-order valence-corrected chi connectivity index (χ1v) is 6.33. The van der Waals surface area contributed by atoms with Crippen molar-refractivity contribution in [3.8, 4) is 0 Å². The molecule has 0 saturated carbocycles. The Balaban J connectivity index is 2.03. The minimum absolute atomic E-state index is 0.127. The maximum atomic E-state index is 11.9. The van der Waals surface area contributed by atoms with Crippen molar-refractivity contribution in [3.05, 3.63) is 64.1 Å². The first-order valence-electron chi connectivity index (χ1n) is 5.54. The van der Waals surface area contributed by atoms with Crippen molar-refractivity contribution in [2.24, 2.45) is 0 Å². The Kier molecular flexibility index (Phi) is 3.99. The molecule has 2 aromatic carbocycles. The van der Waals surface area contributed by atoms with Gasteiger partial charge < -0.3 is 11.1 Å². The Hall–Kier alpha value is -1.81. The van der Waals surface area contributed by atoms with Crippen LogP contribution in [0.5, 0.6) is 0 Å². The van der Waals surface area contributed by atoms with Gasteiger partial charge in [-0.1, -0.05) is 40.2 Å². The number of nitrogens with two attached hydrogens (primary N) is 1. The zero-order valence-electron chi connectivity index (χ0n) is 9.69. The van der Waals surface area contributed by atoms with Gasteiger partial charge in [0, 0.05) is 22.3 Å². The lowest BCUT2D eigenvalue weighted by atomic mass is 10.2. The van der Waals surface area contributed by atoms with E-state index in [1.807, 2.05) is 24.3 Å². The molecule has 2 aromatic rings. The predicted octanol–water partition coefficient (Wildman–Crippen LogP) is 2.96. The van der Waals surface area contributed by atoms with Gasteiger partial charge in [0.25, 0.3) is 5.91 Å². The van der Waals surface area contributed by atoms with Crippen LogP contribution in [-0.4, -0.2) is 5.91 Å². The highest BCUT2D eigenvalue weighted by molar-refractivity contribution is 9.10. The molecule has 1 amide bonds. The van der Waals surface area contributed by atoms with Gasteiger partial charge in [0.05, 0.1) is 0 Å². The number of hydrogen-bond donors (Lipinski definition) is 2. The largest absolute Gasteiger partial charge is 0.399 e. The van der Waals surface area contributed by atoms with E-state index in [-0.39, 0.29) is 5.91 Å². The molecule has 0 aliphatic heterocycles. The Morgan fingerprint density at radius 2 is 1.94 bits per heavy atom. The van der Waals surface area contributed by atoms with Gasteiger partial charge in [-0.3, -0.25) is 4.79 Å². The summed E-state index contributed by atoms with van der Waals surface area (Å²) >= 11 is 3.44. The van der Waals surface area contributed by atoms with Gasteiger partial charge in [-0.15, -0.1) is 0 Å². The van der Waals surface area contributed by atoms with E-state index in [4.69, 9.17) is 5.73 Å². The zero-order valence-corrected chi connectivity index (χ0v) is 11.3. The molecule has 0 radical (unpaired) electrons. The van der Waals surface area contributed by atoms with E-state index in [9.17, 15) is 4.79 Å². The topological polar surface area (TPSA) is 55.1 Å². The second kappa shape index (κ2) is 5.69. The van der Waals surface area contributed by atoms with Crippen LogP contribution in [0.1, 0.15) is 15.9 Å². The van der Waals surface area contributed by atoms with Crippen LogP contribution in [0.2, 0.25) is 0 Å². The number of carbonyl (C=O) groups is 1. The lowest BCUT2D eigenvalue weighted by Crippen LogP contribution is -2.23. The van der Waals surface area contributed by atoms with Gasteiger partial charge in [0.15, 0.2) is 0 Å². The van der Waals surface area contributed by atoms with Gasteiger partial charge >= 0.3 is 0 Å². The molecule has 0 saturated heterocycles. The molecule has 0 aliphatic carbocycles. The minimum atomic E-state index is -0.127. The summed E-state index contributed by atoms with van der Waals surface area (Å²) in [5.74, 6) is -0.127. The molecule has 3 nitrogen and oxygen atoms in total. The summed E-state index contributed by atoms with van der Waals surface area (Å²) in [5.41, 5.74) is 7.84. The standard InChI is InChI=1S/C14H13BrN2O/c15-13-7-2-1-4-11(13)9-17-14(18)10-5-3-6-12(16)8-10/h1-8H,9,16H2,(H,17,18). The Labute approximate surface area is 114 Å². The smallest absolute Gasteiger partial charge is 0.251 e. The van der Waals surface area contributed by atoms with Crippen molar-refractivity contribution in [3.63, 3.8) is 0 Å². The number of anilines is 1. The summed E-state index contributed by atoms with van der Waals surface area (Å²) in [7, 11) is 0. The zero-order chi connectivity index (χ0) is 13.0. The van der Waals surface area contributed by atoms with Crippen LogP contribution in [0.4, 0.5) is 5.69 Å². The third kappa shape index (κ3) is 3.11. The van der Waals surface area contributed by atoms with Gasteiger partial charge in [-0.05, 0) is 29.8 Å².